The molecule has 0 spiro atoms. The van der Waals surface area contributed by atoms with Gasteiger partial charge < -0.3 is 10.2 Å². The van der Waals surface area contributed by atoms with Crippen LogP contribution in [0.4, 0.5) is 10.5 Å². The first kappa shape index (κ1) is 14.9. The quantitative estimate of drug-likeness (QED) is 0.829. The molecule has 0 bridgehead atoms. The van der Waals surface area contributed by atoms with Crippen molar-refractivity contribution in [2.75, 3.05) is 11.9 Å². The van der Waals surface area contributed by atoms with Crippen molar-refractivity contribution in [3.05, 3.63) is 64.7 Å². The number of benzene rings is 2. The van der Waals surface area contributed by atoms with Crippen LogP contribution in [0.15, 0.2) is 48.5 Å². The van der Waals surface area contributed by atoms with Crippen molar-refractivity contribution in [1.29, 1.82) is 0 Å². The van der Waals surface area contributed by atoms with Crippen LogP contribution >= 0.6 is 11.6 Å². The van der Waals surface area contributed by atoms with Crippen LogP contribution in [0.2, 0.25) is 5.02 Å². The van der Waals surface area contributed by atoms with E-state index in [1.807, 2.05) is 17.0 Å². The number of amides is 2. The van der Waals surface area contributed by atoms with Crippen LogP contribution in [0, 0.1) is 6.92 Å². The number of hydrogen-bond acceptors (Lipinski definition) is 1. The zero-order chi connectivity index (χ0) is 15.5. The highest BCUT2D eigenvalue weighted by molar-refractivity contribution is 6.30. The second-order valence-corrected chi connectivity index (χ2v) is 6.14. The molecule has 0 radical (unpaired) electrons. The Hall–Kier alpha value is -2.00. The SMILES string of the molecule is Cc1cccc([C@@H]2CCCN2C(=O)Nc2ccc(Cl)cc2)c1. The van der Waals surface area contributed by atoms with E-state index in [4.69, 9.17) is 11.6 Å². The van der Waals surface area contributed by atoms with Crippen molar-refractivity contribution < 1.29 is 4.79 Å². The normalized spacial score (nSPS) is 17.5. The van der Waals surface area contributed by atoms with Gasteiger partial charge in [0.2, 0.25) is 0 Å². The molecule has 1 N–H and O–H groups in total. The summed E-state index contributed by atoms with van der Waals surface area (Å²) in [6.07, 6.45) is 2.05. The molecule has 0 aromatic heterocycles. The van der Waals surface area contributed by atoms with Gasteiger partial charge in [0.25, 0.3) is 0 Å². The Kier molecular flexibility index (Phi) is 4.34. The van der Waals surface area contributed by atoms with Crippen LogP contribution in [0.5, 0.6) is 0 Å². The second-order valence-electron chi connectivity index (χ2n) is 5.70. The predicted molar refractivity (Wildman–Crippen MR) is 90.3 cm³/mol. The molecular formula is C18H19ClN2O. The summed E-state index contributed by atoms with van der Waals surface area (Å²) in [7, 11) is 0. The molecule has 1 aliphatic rings. The molecule has 3 nitrogen and oxygen atoms in total. The Morgan fingerprint density at radius 3 is 2.73 bits per heavy atom. The Morgan fingerprint density at radius 2 is 2.00 bits per heavy atom. The summed E-state index contributed by atoms with van der Waals surface area (Å²) in [5.74, 6) is 0. The number of urea groups is 1. The van der Waals surface area contributed by atoms with Gasteiger partial charge in [0.15, 0.2) is 0 Å². The number of likely N-dealkylation sites (tertiary alicyclic amines) is 1. The van der Waals surface area contributed by atoms with E-state index < -0.39 is 0 Å². The molecule has 1 heterocycles. The smallest absolute Gasteiger partial charge is 0.317 e. The first-order valence-corrected chi connectivity index (χ1v) is 7.91. The fraction of sp³-hybridized carbons (Fsp3) is 0.278. The van der Waals surface area contributed by atoms with Gasteiger partial charge in [-0.25, -0.2) is 4.79 Å². The number of hydrogen-bond donors (Lipinski definition) is 1. The van der Waals surface area contributed by atoms with Gasteiger partial charge in [-0.15, -0.1) is 0 Å². The lowest BCUT2D eigenvalue weighted by Crippen LogP contribution is -2.34. The van der Waals surface area contributed by atoms with Gasteiger partial charge in [-0.2, -0.15) is 0 Å². The van der Waals surface area contributed by atoms with Crippen molar-refractivity contribution in [2.24, 2.45) is 0 Å². The number of rotatable bonds is 2. The number of carbonyl (C=O) groups is 1. The summed E-state index contributed by atoms with van der Waals surface area (Å²) >= 11 is 5.87. The molecule has 2 aromatic carbocycles. The maximum atomic E-state index is 12.6. The van der Waals surface area contributed by atoms with E-state index in [9.17, 15) is 4.79 Å². The lowest BCUT2D eigenvalue weighted by molar-refractivity contribution is 0.207. The minimum atomic E-state index is -0.0497. The van der Waals surface area contributed by atoms with E-state index in [0.717, 1.165) is 25.1 Å². The first-order chi connectivity index (χ1) is 10.6. The Morgan fingerprint density at radius 1 is 1.23 bits per heavy atom. The third-order valence-electron chi connectivity index (χ3n) is 4.04. The maximum Gasteiger partial charge on any atom is 0.322 e. The van der Waals surface area contributed by atoms with Gasteiger partial charge >= 0.3 is 6.03 Å². The molecule has 4 heteroatoms. The molecule has 3 rings (SSSR count). The van der Waals surface area contributed by atoms with Crippen molar-refractivity contribution in [2.45, 2.75) is 25.8 Å². The average molecular weight is 315 g/mol. The zero-order valence-electron chi connectivity index (χ0n) is 12.6. The van der Waals surface area contributed by atoms with Gasteiger partial charge in [-0.1, -0.05) is 41.4 Å². The third-order valence-corrected chi connectivity index (χ3v) is 4.29. The van der Waals surface area contributed by atoms with Gasteiger partial charge in [0, 0.05) is 17.3 Å². The lowest BCUT2D eigenvalue weighted by atomic mass is 10.0. The number of carbonyl (C=O) groups excluding carboxylic acids is 1. The summed E-state index contributed by atoms with van der Waals surface area (Å²) in [6.45, 7) is 2.87. The summed E-state index contributed by atoms with van der Waals surface area (Å²) in [4.78, 5) is 14.5. The number of anilines is 1. The fourth-order valence-corrected chi connectivity index (χ4v) is 3.09. The molecule has 0 saturated carbocycles. The molecule has 114 valence electrons. The molecule has 1 saturated heterocycles. The van der Waals surface area contributed by atoms with E-state index in [1.165, 1.54) is 11.1 Å². The molecule has 1 fully saturated rings. The van der Waals surface area contributed by atoms with Crippen LogP contribution in [-0.2, 0) is 0 Å². The molecule has 0 aliphatic carbocycles. The minimum Gasteiger partial charge on any atom is -0.317 e. The zero-order valence-corrected chi connectivity index (χ0v) is 13.3. The Labute approximate surface area is 135 Å². The summed E-state index contributed by atoms with van der Waals surface area (Å²) in [5, 5.41) is 3.62. The van der Waals surface area contributed by atoms with Crippen LogP contribution in [0.3, 0.4) is 0 Å². The van der Waals surface area contributed by atoms with Crippen molar-refractivity contribution in [1.82, 2.24) is 4.90 Å². The standard InChI is InChI=1S/C18H19ClN2O/c1-13-4-2-5-14(12-13)17-6-3-11-21(17)18(22)20-16-9-7-15(19)8-10-16/h2,4-5,7-10,12,17H,3,6,11H2,1H3,(H,20,22)/t17-/m0/s1. The fourth-order valence-electron chi connectivity index (χ4n) is 2.96. The summed E-state index contributed by atoms with van der Waals surface area (Å²) in [6, 6.07) is 15.7. The van der Waals surface area contributed by atoms with Crippen molar-refractivity contribution >= 4 is 23.3 Å². The predicted octanol–water partition coefficient (Wildman–Crippen LogP) is 5.02. The number of nitrogens with one attached hydrogen (secondary N) is 1. The highest BCUT2D eigenvalue weighted by Crippen LogP contribution is 2.32. The van der Waals surface area contributed by atoms with Crippen LogP contribution in [0.25, 0.3) is 0 Å². The number of halogens is 1. The number of nitrogens with zero attached hydrogens (tertiary/aromatic N) is 1. The first-order valence-electron chi connectivity index (χ1n) is 7.53. The maximum absolute atomic E-state index is 12.6. The second kappa shape index (κ2) is 6.41. The molecule has 1 aliphatic heterocycles. The molecular weight excluding hydrogens is 296 g/mol. The van der Waals surface area contributed by atoms with Crippen LogP contribution < -0.4 is 5.32 Å². The molecule has 22 heavy (non-hydrogen) atoms. The average Bonchev–Trinajstić information content (AvgIpc) is 2.99. The Balaban J connectivity index is 1.75. The number of aryl methyl sites for hydroxylation is 1. The van der Waals surface area contributed by atoms with Crippen LogP contribution in [0.1, 0.15) is 30.0 Å². The lowest BCUT2D eigenvalue weighted by Gasteiger charge is -2.25. The monoisotopic (exact) mass is 314 g/mol. The van der Waals surface area contributed by atoms with E-state index in [2.05, 4.69) is 36.5 Å². The van der Waals surface area contributed by atoms with Gasteiger partial charge in [0.1, 0.15) is 0 Å². The highest BCUT2D eigenvalue weighted by Gasteiger charge is 2.29. The van der Waals surface area contributed by atoms with E-state index in [0.29, 0.717) is 5.02 Å². The third kappa shape index (κ3) is 3.25. The van der Waals surface area contributed by atoms with Crippen molar-refractivity contribution in [3.63, 3.8) is 0 Å². The van der Waals surface area contributed by atoms with Gasteiger partial charge in [-0.05, 0) is 49.6 Å². The van der Waals surface area contributed by atoms with E-state index >= 15 is 0 Å². The topological polar surface area (TPSA) is 32.3 Å². The molecule has 0 unspecified atom stereocenters. The van der Waals surface area contributed by atoms with Gasteiger partial charge in [0.05, 0.1) is 6.04 Å². The van der Waals surface area contributed by atoms with Crippen molar-refractivity contribution in [3.8, 4) is 0 Å². The largest absolute Gasteiger partial charge is 0.322 e. The Bertz CT molecular complexity index is 669. The van der Waals surface area contributed by atoms with Crippen LogP contribution in [-0.4, -0.2) is 17.5 Å². The highest BCUT2D eigenvalue weighted by atomic mass is 35.5. The van der Waals surface area contributed by atoms with E-state index in [-0.39, 0.29) is 12.1 Å². The molecule has 1 atom stereocenters. The molecule has 2 aromatic rings. The van der Waals surface area contributed by atoms with Gasteiger partial charge in [-0.3, -0.25) is 0 Å². The summed E-state index contributed by atoms with van der Waals surface area (Å²) in [5.41, 5.74) is 3.20. The molecule has 2 amide bonds. The van der Waals surface area contributed by atoms with E-state index in [1.54, 1.807) is 12.1 Å². The minimum absolute atomic E-state index is 0.0497. The summed E-state index contributed by atoms with van der Waals surface area (Å²) < 4.78 is 0.